The SMILES string of the molecule is Oc1cccc2nccnc12.Oc1cccc2nccnc12.[Ga]. The third-order valence-electron chi connectivity index (χ3n) is 2.95. The van der Waals surface area contributed by atoms with E-state index < -0.39 is 0 Å². The van der Waals surface area contributed by atoms with Gasteiger partial charge in [0.1, 0.15) is 22.5 Å². The van der Waals surface area contributed by atoms with Gasteiger partial charge >= 0.3 is 0 Å². The van der Waals surface area contributed by atoms with Crippen LogP contribution in [0.1, 0.15) is 0 Å². The zero-order chi connectivity index (χ0) is 15.4. The number of aromatic nitrogens is 4. The molecule has 0 fully saturated rings. The van der Waals surface area contributed by atoms with Crippen molar-refractivity contribution in [3.63, 3.8) is 0 Å². The van der Waals surface area contributed by atoms with E-state index in [-0.39, 0.29) is 31.3 Å². The molecule has 0 unspecified atom stereocenters. The van der Waals surface area contributed by atoms with Gasteiger partial charge in [-0.3, -0.25) is 9.97 Å². The van der Waals surface area contributed by atoms with Gasteiger partial charge in [-0.05, 0) is 24.3 Å². The third-order valence-corrected chi connectivity index (χ3v) is 2.95. The van der Waals surface area contributed by atoms with Crippen molar-refractivity contribution in [2.75, 3.05) is 0 Å². The largest absolute Gasteiger partial charge is 0.506 e. The zero-order valence-electron chi connectivity index (χ0n) is 12.0. The summed E-state index contributed by atoms with van der Waals surface area (Å²) in [4.78, 5) is 16.0. The molecule has 23 heavy (non-hydrogen) atoms. The van der Waals surface area contributed by atoms with Crippen LogP contribution in [0.3, 0.4) is 0 Å². The molecule has 0 spiro atoms. The molecule has 4 rings (SSSR count). The fraction of sp³-hybridized carbons (Fsp3) is 0. The molecule has 2 aromatic carbocycles. The molecule has 4 aromatic rings. The molecule has 3 radical (unpaired) electrons. The quantitative estimate of drug-likeness (QED) is 0.467. The Hall–Kier alpha value is -2.64. The number of nitrogens with zero attached hydrogens (tertiary/aromatic N) is 4. The van der Waals surface area contributed by atoms with E-state index in [0.29, 0.717) is 22.1 Å². The summed E-state index contributed by atoms with van der Waals surface area (Å²) in [7, 11) is 0. The van der Waals surface area contributed by atoms with Gasteiger partial charge in [-0.2, -0.15) is 0 Å². The molecule has 2 N–H and O–H groups in total. The van der Waals surface area contributed by atoms with E-state index in [1.165, 1.54) is 0 Å². The average Bonchev–Trinajstić information content (AvgIpc) is 2.57. The van der Waals surface area contributed by atoms with E-state index in [0.717, 1.165) is 0 Å². The second kappa shape index (κ2) is 7.57. The number of para-hydroxylation sites is 2. The number of fused-ring (bicyclic) bond motifs is 2. The number of phenolic OH excluding ortho intramolecular Hbond substituents is 2. The summed E-state index contributed by atoms with van der Waals surface area (Å²) in [5, 5.41) is 18.5. The molecule has 111 valence electrons. The predicted octanol–water partition coefficient (Wildman–Crippen LogP) is 2.29. The normalized spacial score (nSPS) is 9.74. The van der Waals surface area contributed by atoms with Crippen molar-refractivity contribution in [2.24, 2.45) is 0 Å². The smallest absolute Gasteiger partial charge is 0.143 e. The van der Waals surface area contributed by atoms with Crippen molar-refractivity contribution in [1.29, 1.82) is 0 Å². The summed E-state index contributed by atoms with van der Waals surface area (Å²) in [6.07, 6.45) is 6.31. The summed E-state index contributed by atoms with van der Waals surface area (Å²) < 4.78 is 0. The third kappa shape index (κ3) is 3.76. The number of hydrogen-bond acceptors (Lipinski definition) is 6. The summed E-state index contributed by atoms with van der Waals surface area (Å²) in [5.41, 5.74) is 2.53. The summed E-state index contributed by atoms with van der Waals surface area (Å²) in [6, 6.07) is 10.3. The number of benzene rings is 2. The molecular weight excluding hydrogens is 350 g/mol. The zero-order valence-corrected chi connectivity index (χ0v) is 14.5. The van der Waals surface area contributed by atoms with Crippen LogP contribution < -0.4 is 0 Å². The average molecular weight is 362 g/mol. The Kier molecular flexibility index (Phi) is 5.50. The first-order valence-electron chi connectivity index (χ1n) is 6.53. The molecule has 0 atom stereocenters. The second-order valence-corrected chi connectivity index (χ2v) is 4.40. The monoisotopic (exact) mass is 361 g/mol. The van der Waals surface area contributed by atoms with Crippen LogP contribution in [0, 0.1) is 0 Å². The van der Waals surface area contributed by atoms with E-state index in [4.69, 9.17) is 0 Å². The van der Waals surface area contributed by atoms with Gasteiger partial charge in [0.15, 0.2) is 0 Å². The van der Waals surface area contributed by atoms with Crippen molar-refractivity contribution >= 4 is 41.9 Å². The Bertz CT molecular complexity index is 846. The Morgan fingerprint density at radius 1 is 0.565 bits per heavy atom. The van der Waals surface area contributed by atoms with Gasteiger partial charge in [-0.25, -0.2) is 9.97 Å². The van der Waals surface area contributed by atoms with Crippen molar-refractivity contribution in [1.82, 2.24) is 19.9 Å². The van der Waals surface area contributed by atoms with Crippen LogP contribution in [0.5, 0.6) is 11.5 Å². The first-order valence-corrected chi connectivity index (χ1v) is 6.53. The summed E-state index contributed by atoms with van der Waals surface area (Å²) in [6.45, 7) is 0. The minimum atomic E-state index is 0. The van der Waals surface area contributed by atoms with E-state index in [1.54, 1.807) is 49.1 Å². The van der Waals surface area contributed by atoms with Crippen molar-refractivity contribution < 1.29 is 10.2 Å². The first kappa shape index (κ1) is 16.7. The van der Waals surface area contributed by atoms with Crippen LogP contribution in [0.15, 0.2) is 61.2 Å². The van der Waals surface area contributed by atoms with Gasteiger partial charge in [0, 0.05) is 44.6 Å². The standard InChI is InChI=1S/2C8H6N2O.Ga/c2*11-7-3-1-2-6-8(7)10-5-4-9-6;/h2*1-5,11H;. The van der Waals surface area contributed by atoms with Crippen LogP contribution >= 0.6 is 0 Å². The Labute approximate surface area is 145 Å². The summed E-state index contributed by atoms with van der Waals surface area (Å²) in [5.74, 6) is 0.353. The van der Waals surface area contributed by atoms with E-state index >= 15 is 0 Å². The van der Waals surface area contributed by atoms with E-state index in [1.807, 2.05) is 12.1 Å². The van der Waals surface area contributed by atoms with Crippen LogP contribution in [-0.4, -0.2) is 49.9 Å². The van der Waals surface area contributed by atoms with E-state index in [9.17, 15) is 10.2 Å². The fourth-order valence-electron chi connectivity index (χ4n) is 1.95. The molecule has 0 bridgehead atoms. The van der Waals surface area contributed by atoms with Gasteiger partial charge in [-0.1, -0.05) is 12.1 Å². The van der Waals surface area contributed by atoms with Crippen molar-refractivity contribution in [3.05, 3.63) is 61.2 Å². The molecular formula is C16H12GaN4O2. The second-order valence-electron chi connectivity index (χ2n) is 4.40. The summed E-state index contributed by atoms with van der Waals surface area (Å²) >= 11 is 0. The van der Waals surface area contributed by atoms with Crippen LogP contribution in [0.25, 0.3) is 22.1 Å². The molecule has 0 aliphatic rings. The molecule has 2 heterocycles. The molecule has 7 heteroatoms. The maximum Gasteiger partial charge on any atom is 0.143 e. The molecule has 0 aliphatic heterocycles. The minimum Gasteiger partial charge on any atom is -0.506 e. The van der Waals surface area contributed by atoms with Crippen molar-refractivity contribution in [2.45, 2.75) is 0 Å². The first-order chi connectivity index (χ1) is 10.8. The fourth-order valence-corrected chi connectivity index (χ4v) is 1.95. The number of phenols is 2. The van der Waals surface area contributed by atoms with Gasteiger partial charge in [-0.15, -0.1) is 0 Å². The number of rotatable bonds is 0. The van der Waals surface area contributed by atoms with Gasteiger partial charge in [0.05, 0.1) is 11.0 Å². The molecule has 0 amide bonds. The van der Waals surface area contributed by atoms with Gasteiger partial charge < -0.3 is 10.2 Å². The Morgan fingerprint density at radius 2 is 0.957 bits per heavy atom. The van der Waals surface area contributed by atoms with Crippen LogP contribution in [-0.2, 0) is 0 Å². The van der Waals surface area contributed by atoms with Crippen LogP contribution in [0.4, 0.5) is 0 Å². The van der Waals surface area contributed by atoms with Gasteiger partial charge in [0.2, 0.25) is 0 Å². The van der Waals surface area contributed by atoms with E-state index in [2.05, 4.69) is 19.9 Å². The Balaban J connectivity index is 0.000000160. The maximum atomic E-state index is 9.27. The van der Waals surface area contributed by atoms with Crippen molar-refractivity contribution in [3.8, 4) is 11.5 Å². The number of hydrogen-bond donors (Lipinski definition) is 2. The number of aromatic hydroxyl groups is 2. The van der Waals surface area contributed by atoms with Crippen LogP contribution in [0.2, 0.25) is 0 Å². The minimum absolute atomic E-state index is 0. The molecule has 0 saturated carbocycles. The molecule has 6 nitrogen and oxygen atoms in total. The molecule has 0 aliphatic carbocycles. The van der Waals surface area contributed by atoms with Gasteiger partial charge in [0.25, 0.3) is 0 Å². The Morgan fingerprint density at radius 3 is 1.35 bits per heavy atom. The predicted molar refractivity (Wildman–Crippen MR) is 88.2 cm³/mol. The molecule has 2 aromatic heterocycles. The topological polar surface area (TPSA) is 92.0 Å². The molecule has 0 saturated heterocycles. The maximum absolute atomic E-state index is 9.27.